The van der Waals surface area contributed by atoms with E-state index < -0.39 is 18.3 Å². The molecule has 4 fully saturated rings. The van der Waals surface area contributed by atoms with Crippen molar-refractivity contribution in [1.82, 2.24) is 0 Å². The average Bonchev–Trinajstić information content (AvgIpc) is 3.66. The van der Waals surface area contributed by atoms with Crippen LogP contribution in [0.1, 0.15) is 97.8 Å². The van der Waals surface area contributed by atoms with Gasteiger partial charge in [0.1, 0.15) is 18.3 Å². The number of hydrogen-bond acceptors (Lipinski definition) is 11. The van der Waals surface area contributed by atoms with Gasteiger partial charge >= 0.3 is 17.9 Å². The second-order valence-electron chi connectivity index (χ2n) is 10.6. The first-order valence-corrected chi connectivity index (χ1v) is 14.4. The first-order chi connectivity index (χ1) is 18.9. The van der Waals surface area contributed by atoms with E-state index in [9.17, 15) is 19.5 Å². The summed E-state index contributed by atoms with van der Waals surface area (Å²) >= 11 is 0. The summed E-state index contributed by atoms with van der Waals surface area (Å²) in [5, 5.41) is 35.9. The van der Waals surface area contributed by atoms with Crippen LogP contribution in [0.15, 0.2) is 12.7 Å². The van der Waals surface area contributed by atoms with Crippen molar-refractivity contribution >= 4 is 17.9 Å². The van der Waals surface area contributed by atoms with Gasteiger partial charge < -0.3 is 39.4 Å². The third-order valence-corrected chi connectivity index (χ3v) is 7.05. The van der Waals surface area contributed by atoms with Crippen LogP contribution in [-0.2, 0) is 33.3 Å². The van der Waals surface area contributed by atoms with Crippen LogP contribution >= 0.6 is 0 Å². The molecule has 4 rings (SSSR count). The van der Waals surface area contributed by atoms with Crippen LogP contribution in [0.5, 0.6) is 0 Å². The number of carbonyl (C=O) groups is 3. The zero-order valence-electron chi connectivity index (χ0n) is 24.2. The van der Waals surface area contributed by atoms with Crippen LogP contribution in [0.2, 0.25) is 0 Å². The predicted molar refractivity (Wildman–Crippen MR) is 146 cm³/mol. The summed E-state index contributed by atoms with van der Waals surface area (Å²) < 4.78 is 20.1. The lowest BCUT2D eigenvalue weighted by molar-refractivity contribution is -0.162. The second kappa shape index (κ2) is 19.9. The molecule has 4 aliphatic rings. The minimum atomic E-state index is -0.431. The standard InChI is InChI=1S/C9H14O4.C8H14O2.C7H12O3.C5H10O2/c1-6(10)12-8-4-3-5-9(8)13-7(2)11;1-2-6-10-8-5-3-4-7(8)9;1-5(8)10-7-4-2-3-6(7)9;6-4-2-1-3-5(4)7/h8-9H,3-5H2,1-2H3;2,7-9H,1,3-6H2;6-7,9H,2-4H2,1H3;4-7H,1-3H2/t8-,9-;7-,8-;6-,7-;4-,5-/m1111/s1. The number of hydrogen-bond donors (Lipinski definition) is 4. The number of esters is 3. The lowest BCUT2D eigenvalue weighted by atomic mass is 10.2. The van der Waals surface area contributed by atoms with E-state index in [1.807, 2.05) is 0 Å². The van der Waals surface area contributed by atoms with Gasteiger partial charge in [0.15, 0.2) is 0 Å². The van der Waals surface area contributed by atoms with Gasteiger partial charge in [0, 0.05) is 20.8 Å². The topological polar surface area (TPSA) is 169 Å². The van der Waals surface area contributed by atoms with Crippen molar-refractivity contribution in [2.45, 2.75) is 147 Å². The number of carbonyl (C=O) groups excluding carboxylic acids is 3. The molecule has 0 amide bonds. The highest BCUT2D eigenvalue weighted by Crippen LogP contribution is 2.25. The molecule has 4 saturated carbocycles. The van der Waals surface area contributed by atoms with E-state index in [-0.39, 0.29) is 48.4 Å². The van der Waals surface area contributed by atoms with Gasteiger partial charge in [-0.3, -0.25) is 14.4 Å². The van der Waals surface area contributed by atoms with E-state index in [0.717, 1.165) is 77.0 Å². The summed E-state index contributed by atoms with van der Waals surface area (Å²) in [4.78, 5) is 31.7. The number of rotatable bonds is 6. The summed E-state index contributed by atoms with van der Waals surface area (Å²) in [7, 11) is 0. The minimum Gasteiger partial charge on any atom is -0.460 e. The first-order valence-electron chi connectivity index (χ1n) is 14.4. The fraction of sp³-hybridized carbons (Fsp3) is 0.828. The SMILES string of the molecule is C=CCO[C@@H]1CCC[C@H]1O.CC(=O)O[C@@H]1CCC[C@H]1O.CC(=O)O[C@@H]1CCC[C@H]1OC(C)=O.O[C@@H]1CCC[C@H]1O. The first kappa shape index (κ1) is 36.0. The van der Waals surface area contributed by atoms with E-state index in [0.29, 0.717) is 6.61 Å². The third-order valence-electron chi connectivity index (χ3n) is 7.05. The van der Waals surface area contributed by atoms with Crippen LogP contribution in [0.25, 0.3) is 0 Å². The molecule has 0 unspecified atom stereocenters. The zero-order valence-corrected chi connectivity index (χ0v) is 24.2. The summed E-state index contributed by atoms with van der Waals surface area (Å²) in [6.45, 7) is 8.19. The third kappa shape index (κ3) is 15.1. The van der Waals surface area contributed by atoms with Crippen molar-refractivity contribution in [3.05, 3.63) is 12.7 Å². The van der Waals surface area contributed by atoms with E-state index in [1.54, 1.807) is 6.08 Å². The van der Waals surface area contributed by atoms with Gasteiger partial charge in [0.05, 0.1) is 37.1 Å². The largest absolute Gasteiger partial charge is 0.460 e. The van der Waals surface area contributed by atoms with Crippen LogP contribution < -0.4 is 0 Å². The monoisotopic (exact) mass is 574 g/mol. The van der Waals surface area contributed by atoms with Gasteiger partial charge in [-0.2, -0.15) is 0 Å². The van der Waals surface area contributed by atoms with Crippen molar-refractivity contribution in [3.8, 4) is 0 Å². The Bertz CT molecular complexity index is 728. The highest BCUT2D eigenvalue weighted by molar-refractivity contribution is 5.67. The molecule has 0 aromatic heterocycles. The Kier molecular flexibility index (Phi) is 17.9. The fourth-order valence-corrected chi connectivity index (χ4v) is 5.06. The zero-order chi connectivity index (χ0) is 30.1. The molecule has 11 heteroatoms. The lowest BCUT2D eigenvalue weighted by Crippen LogP contribution is -2.29. The molecule has 0 saturated heterocycles. The molecule has 40 heavy (non-hydrogen) atoms. The minimum absolute atomic E-state index is 0.0676. The molecule has 4 N–H and O–H groups in total. The van der Waals surface area contributed by atoms with E-state index in [1.165, 1.54) is 20.8 Å². The van der Waals surface area contributed by atoms with Crippen molar-refractivity contribution < 1.29 is 53.8 Å². The summed E-state index contributed by atoms with van der Waals surface area (Å²) in [6, 6.07) is 0. The van der Waals surface area contributed by atoms with Gasteiger partial charge in [0.25, 0.3) is 0 Å². The van der Waals surface area contributed by atoms with Gasteiger partial charge in [0.2, 0.25) is 0 Å². The lowest BCUT2D eigenvalue weighted by Gasteiger charge is -2.18. The molecule has 0 aliphatic heterocycles. The molecule has 232 valence electrons. The quantitative estimate of drug-likeness (QED) is 0.209. The van der Waals surface area contributed by atoms with E-state index in [4.69, 9.17) is 34.3 Å². The van der Waals surface area contributed by atoms with Gasteiger partial charge in [-0.25, -0.2) is 0 Å². The molecule has 8 atom stereocenters. The second-order valence-corrected chi connectivity index (χ2v) is 10.6. The Balaban J connectivity index is 0.000000272. The van der Waals surface area contributed by atoms with Crippen molar-refractivity contribution in [2.75, 3.05) is 6.61 Å². The Morgan fingerprint density at radius 3 is 1.23 bits per heavy atom. The van der Waals surface area contributed by atoms with Gasteiger partial charge in [-0.05, 0) is 77.0 Å². The van der Waals surface area contributed by atoms with E-state index in [2.05, 4.69) is 6.58 Å². The van der Waals surface area contributed by atoms with Crippen molar-refractivity contribution in [3.63, 3.8) is 0 Å². The number of aliphatic hydroxyl groups is 4. The molecule has 0 spiro atoms. The van der Waals surface area contributed by atoms with Crippen LogP contribution in [0.4, 0.5) is 0 Å². The molecule has 11 nitrogen and oxygen atoms in total. The van der Waals surface area contributed by atoms with Crippen molar-refractivity contribution in [1.29, 1.82) is 0 Å². The highest BCUT2D eigenvalue weighted by atomic mass is 16.6. The highest BCUT2D eigenvalue weighted by Gasteiger charge is 2.32. The Hall–Kier alpha value is -2.05. The van der Waals surface area contributed by atoms with Crippen LogP contribution in [0.3, 0.4) is 0 Å². The van der Waals surface area contributed by atoms with Crippen LogP contribution in [-0.4, -0.2) is 93.8 Å². The molecule has 0 bridgehead atoms. The smallest absolute Gasteiger partial charge is 0.303 e. The Morgan fingerprint density at radius 1 is 0.575 bits per heavy atom. The molecule has 0 aromatic rings. The molecule has 0 aromatic carbocycles. The maximum absolute atomic E-state index is 10.7. The maximum atomic E-state index is 10.7. The predicted octanol–water partition coefficient (Wildman–Crippen LogP) is 2.49. The maximum Gasteiger partial charge on any atom is 0.303 e. The van der Waals surface area contributed by atoms with E-state index >= 15 is 0 Å². The van der Waals surface area contributed by atoms with Gasteiger partial charge in [-0.1, -0.05) is 6.08 Å². The molecular formula is C29H50O11. The average molecular weight is 575 g/mol. The van der Waals surface area contributed by atoms with Crippen LogP contribution in [0, 0.1) is 0 Å². The summed E-state index contributed by atoms with van der Waals surface area (Å²) in [6.07, 6.45) is 10.1. The Labute approximate surface area is 237 Å². The molecular weight excluding hydrogens is 524 g/mol. The van der Waals surface area contributed by atoms with Crippen molar-refractivity contribution in [2.24, 2.45) is 0 Å². The molecule has 0 heterocycles. The number of aliphatic hydroxyl groups excluding tert-OH is 4. The normalized spacial score (nSPS) is 32.3. The molecule has 4 aliphatic carbocycles. The summed E-state index contributed by atoms with van der Waals surface area (Å²) in [5.74, 6) is -0.931. The number of ether oxygens (including phenoxy) is 4. The Morgan fingerprint density at radius 2 is 0.900 bits per heavy atom. The summed E-state index contributed by atoms with van der Waals surface area (Å²) in [5.41, 5.74) is 0. The van der Waals surface area contributed by atoms with Gasteiger partial charge in [-0.15, -0.1) is 6.58 Å². The fourth-order valence-electron chi connectivity index (χ4n) is 5.06. The molecule has 0 radical (unpaired) electrons.